The fourth-order valence-electron chi connectivity index (χ4n) is 4.67. The third kappa shape index (κ3) is 3.98. The lowest BCUT2D eigenvalue weighted by molar-refractivity contribution is 0.0643. The Kier molecular flexibility index (Phi) is 6.24. The van der Waals surface area contributed by atoms with Crippen LogP contribution in [-0.2, 0) is 0 Å². The first-order valence-corrected chi connectivity index (χ1v) is 11.0. The zero-order valence-electron chi connectivity index (χ0n) is 18.2. The van der Waals surface area contributed by atoms with Crippen molar-refractivity contribution in [3.8, 4) is 16.9 Å². The van der Waals surface area contributed by atoms with Crippen molar-refractivity contribution in [1.82, 2.24) is 4.90 Å². The molecule has 4 rings (SSSR count). The molecule has 1 saturated heterocycles. The molecule has 0 bridgehead atoms. The van der Waals surface area contributed by atoms with E-state index < -0.39 is 6.04 Å². The van der Waals surface area contributed by atoms with Gasteiger partial charge in [0, 0.05) is 16.1 Å². The van der Waals surface area contributed by atoms with Gasteiger partial charge in [-0.15, -0.1) is 0 Å². The molecule has 164 valence electrons. The van der Waals surface area contributed by atoms with Crippen molar-refractivity contribution in [1.29, 1.82) is 0 Å². The highest BCUT2D eigenvalue weighted by molar-refractivity contribution is 6.31. The fourth-order valence-corrected chi connectivity index (χ4v) is 4.93. The summed E-state index contributed by atoms with van der Waals surface area (Å²) in [6.07, 6.45) is 0.693. The molecule has 0 unspecified atom stereocenters. The molecular formula is C27H26ClNO3. The number of nitrogens with zero attached hydrogens (tertiary/aromatic N) is 1. The van der Waals surface area contributed by atoms with E-state index in [-0.39, 0.29) is 23.6 Å². The Morgan fingerprint density at radius 3 is 2.38 bits per heavy atom. The van der Waals surface area contributed by atoms with Crippen LogP contribution in [0.3, 0.4) is 0 Å². The van der Waals surface area contributed by atoms with Gasteiger partial charge in [0.2, 0.25) is 0 Å². The minimum Gasteiger partial charge on any atom is -0.511 e. The summed E-state index contributed by atoms with van der Waals surface area (Å²) in [6.45, 7) is 5.77. The monoisotopic (exact) mass is 447 g/mol. The molecule has 1 amide bonds. The standard InChI is InChI=1S/C27H26ClNO3/c1-17-16-24(22-9-4-6-10-23(22)28)29(26(17)18(2)30)27(31)20-14-12-19(13-15-20)21-8-5-7-11-25(21)32-3/h4-15,17,24,26,30H,2,16H2,1,3H3/t17-,24-,26-/m0/s1. The van der Waals surface area contributed by atoms with Gasteiger partial charge in [-0.3, -0.25) is 4.79 Å². The first kappa shape index (κ1) is 22.0. The first-order chi connectivity index (χ1) is 15.4. The number of hydrogen-bond acceptors (Lipinski definition) is 3. The van der Waals surface area contributed by atoms with E-state index in [1.165, 1.54) is 0 Å². The number of carbonyl (C=O) groups excluding carboxylic acids is 1. The van der Waals surface area contributed by atoms with Gasteiger partial charge in [0.05, 0.1) is 19.2 Å². The van der Waals surface area contributed by atoms with E-state index in [4.69, 9.17) is 16.3 Å². The van der Waals surface area contributed by atoms with E-state index in [0.717, 1.165) is 22.4 Å². The second-order valence-corrected chi connectivity index (χ2v) is 8.58. The van der Waals surface area contributed by atoms with Crippen molar-refractivity contribution in [2.45, 2.75) is 25.4 Å². The molecule has 0 spiro atoms. The minimum atomic E-state index is -0.474. The van der Waals surface area contributed by atoms with Gasteiger partial charge in [-0.25, -0.2) is 0 Å². The van der Waals surface area contributed by atoms with Gasteiger partial charge in [-0.1, -0.05) is 73.6 Å². The van der Waals surface area contributed by atoms with Crippen LogP contribution in [0.5, 0.6) is 5.75 Å². The predicted octanol–water partition coefficient (Wildman–Crippen LogP) is 6.68. The predicted molar refractivity (Wildman–Crippen MR) is 128 cm³/mol. The summed E-state index contributed by atoms with van der Waals surface area (Å²) < 4.78 is 5.46. The maximum atomic E-state index is 13.7. The quantitative estimate of drug-likeness (QED) is 0.444. The largest absolute Gasteiger partial charge is 0.511 e. The number of halogens is 1. The third-order valence-electron chi connectivity index (χ3n) is 6.16. The van der Waals surface area contributed by atoms with Crippen molar-refractivity contribution in [3.63, 3.8) is 0 Å². The molecule has 1 heterocycles. The van der Waals surface area contributed by atoms with Crippen molar-refractivity contribution < 1.29 is 14.6 Å². The van der Waals surface area contributed by atoms with E-state index in [2.05, 4.69) is 6.58 Å². The number of likely N-dealkylation sites (tertiary alicyclic amines) is 1. The van der Waals surface area contributed by atoms with Crippen molar-refractivity contribution in [2.75, 3.05) is 7.11 Å². The van der Waals surface area contributed by atoms with Crippen LogP contribution in [0, 0.1) is 5.92 Å². The summed E-state index contributed by atoms with van der Waals surface area (Å²) in [4.78, 5) is 15.4. The first-order valence-electron chi connectivity index (χ1n) is 10.6. The molecule has 3 aromatic carbocycles. The van der Waals surface area contributed by atoms with Crippen molar-refractivity contribution in [3.05, 3.63) is 101 Å². The highest BCUT2D eigenvalue weighted by Crippen LogP contribution is 2.44. The molecule has 0 aliphatic carbocycles. The van der Waals surface area contributed by atoms with Crippen LogP contribution < -0.4 is 4.74 Å². The average Bonchev–Trinajstić information content (AvgIpc) is 3.16. The third-order valence-corrected chi connectivity index (χ3v) is 6.50. The number of hydrogen-bond donors (Lipinski definition) is 1. The van der Waals surface area contributed by atoms with E-state index in [0.29, 0.717) is 17.0 Å². The number of rotatable bonds is 5. The molecule has 1 aliphatic rings. The molecule has 1 aliphatic heterocycles. The molecule has 5 heteroatoms. The van der Waals surface area contributed by atoms with E-state index >= 15 is 0 Å². The highest BCUT2D eigenvalue weighted by atomic mass is 35.5. The van der Waals surface area contributed by atoms with Gasteiger partial charge < -0.3 is 14.7 Å². The summed E-state index contributed by atoms with van der Waals surface area (Å²) >= 11 is 6.48. The molecule has 1 fully saturated rings. The molecule has 4 nitrogen and oxygen atoms in total. The van der Waals surface area contributed by atoms with E-state index in [1.807, 2.05) is 79.7 Å². The Balaban J connectivity index is 1.70. The second-order valence-electron chi connectivity index (χ2n) is 8.18. The van der Waals surface area contributed by atoms with Crippen LogP contribution in [0.4, 0.5) is 0 Å². The van der Waals surface area contributed by atoms with Gasteiger partial charge in [-0.2, -0.15) is 0 Å². The molecule has 0 radical (unpaired) electrons. The van der Waals surface area contributed by atoms with Crippen LogP contribution in [-0.4, -0.2) is 29.1 Å². The maximum absolute atomic E-state index is 13.7. The second kappa shape index (κ2) is 9.09. The number of aliphatic hydroxyl groups excluding tert-OH is 1. The summed E-state index contributed by atoms with van der Waals surface area (Å²) in [6, 6.07) is 22.1. The lowest BCUT2D eigenvalue weighted by Crippen LogP contribution is -2.40. The Morgan fingerprint density at radius 1 is 1.06 bits per heavy atom. The normalized spacial score (nSPS) is 20.2. The van der Waals surface area contributed by atoms with Crippen LogP contribution in [0.15, 0.2) is 85.1 Å². The number of methoxy groups -OCH3 is 1. The molecule has 32 heavy (non-hydrogen) atoms. The molecule has 1 N–H and O–H groups in total. The number of benzene rings is 3. The zero-order valence-corrected chi connectivity index (χ0v) is 18.9. The van der Waals surface area contributed by atoms with E-state index in [1.54, 1.807) is 12.0 Å². The lowest BCUT2D eigenvalue weighted by atomic mass is 9.98. The zero-order chi connectivity index (χ0) is 22.8. The number of para-hydroxylation sites is 1. The SMILES string of the molecule is C=C(O)[C@@H]1[C@@H](C)C[C@@H](c2ccccc2Cl)N1C(=O)c1ccc(-c2ccccc2OC)cc1. The van der Waals surface area contributed by atoms with Crippen LogP contribution >= 0.6 is 11.6 Å². The topological polar surface area (TPSA) is 49.8 Å². The number of carbonyl (C=O) groups is 1. The smallest absolute Gasteiger partial charge is 0.255 e. The summed E-state index contributed by atoms with van der Waals surface area (Å²) in [5, 5.41) is 10.9. The van der Waals surface area contributed by atoms with Crippen LogP contribution in [0.2, 0.25) is 5.02 Å². The van der Waals surface area contributed by atoms with Gasteiger partial charge in [0.15, 0.2) is 0 Å². The number of aliphatic hydroxyl groups is 1. The Labute approximate surface area is 193 Å². The molecule has 3 atom stereocenters. The lowest BCUT2D eigenvalue weighted by Gasteiger charge is -2.31. The number of ether oxygens (including phenoxy) is 1. The van der Waals surface area contributed by atoms with E-state index in [9.17, 15) is 9.90 Å². The van der Waals surface area contributed by atoms with Gasteiger partial charge >= 0.3 is 0 Å². The molecule has 3 aromatic rings. The number of amides is 1. The average molecular weight is 448 g/mol. The van der Waals surface area contributed by atoms with Crippen LogP contribution in [0.1, 0.15) is 35.3 Å². The molecule has 0 saturated carbocycles. The summed E-state index contributed by atoms with van der Waals surface area (Å²) in [7, 11) is 1.64. The van der Waals surface area contributed by atoms with Crippen molar-refractivity contribution in [2.24, 2.45) is 5.92 Å². The van der Waals surface area contributed by atoms with Crippen LogP contribution in [0.25, 0.3) is 11.1 Å². The van der Waals surface area contributed by atoms with Gasteiger partial charge in [0.25, 0.3) is 5.91 Å². The van der Waals surface area contributed by atoms with Gasteiger partial charge in [-0.05, 0) is 47.7 Å². The summed E-state index contributed by atoms with van der Waals surface area (Å²) in [5.74, 6) is 0.651. The highest BCUT2D eigenvalue weighted by Gasteiger charge is 2.44. The van der Waals surface area contributed by atoms with Crippen molar-refractivity contribution >= 4 is 17.5 Å². The Bertz CT molecular complexity index is 1140. The Hall–Kier alpha value is -3.24. The summed E-state index contributed by atoms with van der Waals surface area (Å²) in [5.41, 5.74) is 3.34. The fraction of sp³-hybridized carbons (Fsp3) is 0.222. The minimum absolute atomic E-state index is 0.00829. The van der Waals surface area contributed by atoms with Gasteiger partial charge in [0.1, 0.15) is 11.5 Å². The Morgan fingerprint density at radius 2 is 1.72 bits per heavy atom. The maximum Gasteiger partial charge on any atom is 0.255 e. The molecular weight excluding hydrogens is 422 g/mol. The molecule has 0 aromatic heterocycles.